The van der Waals surface area contributed by atoms with E-state index in [0.717, 1.165) is 11.1 Å². The van der Waals surface area contributed by atoms with Crippen molar-refractivity contribution in [3.05, 3.63) is 57.8 Å². The molecule has 0 aliphatic rings. The van der Waals surface area contributed by atoms with Gasteiger partial charge in [-0.1, -0.05) is 12.1 Å². The normalized spacial score (nSPS) is 10.4. The molecule has 1 N–H and O–H groups in total. The second kappa shape index (κ2) is 7.58. The molecule has 0 aliphatic heterocycles. The summed E-state index contributed by atoms with van der Waals surface area (Å²) in [6, 6.07) is 5.73. The third kappa shape index (κ3) is 4.42. The maximum Gasteiger partial charge on any atom is 0.258 e. The van der Waals surface area contributed by atoms with Crippen molar-refractivity contribution in [3.8, 4) is 5.75 Å². The highest BCUT2D eigenvalue weighted by atomic mass is 16.5. The number of rotatable bonds is 6. The summed E-state index contributed by atoms with van der Waals surface area (Å²) in [5.41, 5.74) is 2.63. The lowest BCUT2D eigenvalue weighted by molar-refractivity contribution is -0.123. The SMILES string of the molecule is Cc1cccc(OCC(=O)NCCn2cncc(C)c2=O)c1C. The van der Waals surface area contributed by atoms with Crippen LogP contribution < -0.4 is 15.6 Å². The molecular formula is C17H21N3O3. The van der Waals surface area contributed by atoms with E-state index in [1.807, 2.05) is 32.0 Å². The summed E-state index contributed by atoms with van der Waals surface area (Å²) in [6.07, 6.45) is 2.99. The molecule has 6 heteroatoms. The average molecular weight is 315 g/mol. The highest BCUT2D eigenvalue weighted by Crippen LogP contribution is 2.20. The Morgan fingerprint density at radius 1 is 1.26 bits per heavy atom. The predicted molar refractivity (Wildman–Crippen MR) is 87.7 cm³/mol. The second-order valence-electron chi connectivity index (χ2n) is 5.41. The fourth-order valence-corrected chi connectivity index (χ4v) is 2.11. The van der Waals surface area contributed by atoms with E-state index in [0.29, 0.717) is 24.4 Å². The van der Waals surface area contributed by atoms with Crippen LogP contribution in [0.15, 0.2) is 35.5 Å². The van der Waals surface area contributed by atoms with Crippen molar-refractivity contribution in [1.29, 1.82) is 0 Å². The number of ether oxygens (including phenoxy) is 1. The van der Waals surface area contributed by atoms with Gasteiger partial charge in [0.25, 0.3) is 11.5 Å². The van der Waals surface area contributed by atoms with Crippen LogP contribution in [0.4, 0.5) is 0 Å². The van der Waals surface area contributed by atoms with Crippen molar-refractivity contribution in [2.75, 3.05) is 13.2 Å². The first-order valence-electron chi connectivity index (χ1n) is 7.46. The molecule has 122 valence electrons. The van der Waals surface area contributed by atoms with Gasteiger partial charge in [-0.2, -0.15) is 0 Å². The van der Waals surface area contributed by atoms with Gasteiger partial charge in [-0.3, -0.25) is 14.2 Å². The number of hydrogen-bond donors (Lipinski definition) is 1. The van der Waals surface area contributed by atoms with Crippen molar-refractivity contribution in [2.24, 2.45) is 0 Å². The summed E-state index contributed by atoms with van der Waals surface area (Å²) in [5.74, 6) is 0.485. The number of hydrogen-bond acceptors (Lipinski definition) is 4. The monoisotopic (exact) mass is 315 g/mol. The fraction of sp³-hybridized carbons (Fsp3) is 0.353. The Bertz CT molecular complexity index is 753. The van der Waals surface area contributed by atoms with E-state index in [4.69, 9.17) is 4.74 Å². The Hall–Kier alpha value is -2.63. The van der Waals surface area contributed by atoms with Gasteiger partial charge < -0.3 is 10.1 Å². The zero-order valence-electron chi connectivity index (χ0n) is 13.6. The minimum absolute atomic E-state index is 0.0503. The predicted octanol–water partition coefficient (Wildman–Crippen LogP) is 1.36. The zero-order chi connectivity index (χ0) is 16.8. The van der Waals surface area contributed by atoms with Gasteiger partial charge in [0.1, 0.15) is 5.75 Å². The van der Waals surface area contributed by atoms with E-state index >= 15 is 0 Å². The number of carbonyl (C=O) groups excluding carboxylic acids is 1. The Balaban J connectivity index is 1.80. The van der Waals surface area contributed by atoms with E-state index in [1.54, 1.807) is 6.92 Å². The summed E-state index contributed by atoms with van der Waals surface area (Å²) in [7, 11) is 0. The lowest BCUT2D eigenvalue weighted by atomic mass is 10.1. The third-order valence-corrected chi connectivity index (χ3v) is 3.66. The minimum Gasteiger partial charge on any atom is -0.483 e. The molecule has 1 amide bonds. The molecule has 6 nitrogen and oxygen atoms in total. The maximum atomic E-state index is 11.8. The van der Waals surface area contributed by atoms with Gasteiger partial charge in [0, 0.05) is 24.8 Å². The molecule has 0 saturated heterocycles. The van der Waals surface area contributed by atoms with E-state index in [2.05, 4.69) is 10.3 Å². The van der Waals surface area contributed by atoms with Crippen molar-refractivity contribution >= 4 is 5.91 Å². The van der Waals surface area contributed by atoms with Gasteiger partial charge in [-0.05, 0) is 38.0 Å². The zero-order valence-corrected chi connectivity index (χ0v) is 13.6. The lowest BCUT2D eigenvalue weighted by Crippen LogP contribution is -2.34. The van der Waals surface area contributed by atoms with Gasteiger partial charge in [0.2, 0.25) is 0 Å². The van der Waals surface area contributed by atoms with Crippen LogP contribution in [0.5, 0.6) is 5.75 Å². The summed E-state index contributed by atoms with van der Waals surface area (Å²) >= 11 is 0. The molecule has 0 bridgehead atoms. The summed E-state index contributed by atoms with van der Waals surface area (Å²) in [4.78, 5) is 27.6. The van der Waals surface area contributed by atoms with Crippen LogP contribution in [0.1, 0.15) is 16.7 Å². The lowest BCUT2D eigenvalue weighted by Gasteiger charge is -2.11. The first kappa shape index (κ1) is 16.7. The molecule has 23 heavy (non-hydrogen) atoms. The molecular weight excluding hydrogens is 294 g/mol. The van der Waals surface area contributed by atoms with Crippen molar-refractivity contribution in [2.45, 2.75) is 27.3 Å². The third-order valence-electron chi connectivity index (χ3n) is 3.66. The van der Waals surface area contributed by atoms with E-state index < -0.39 is 0 Å². The van der Waals surface area contributed by atoms with Crippen LogP contribution in [-0.2, 0) is 11.3 Å². The van der Waals surface area contributed by atoms with Crippen LogP contribution in [0, 0.1) is 20.8 Å². The smallest absolute Gasteiger partial charge is 0.258 e. The van der Waals surface area contributed by atoms with Crippen LogP contribution in [0.25, 0.3) is 0 Å². The maximum absolute atomic E-state index is 11.8. The van der Waals surface area contributed by atoms with Gasteiger partial charge in [0.05, 0.1) is 6.33 Å². The van der Waals surface area contributed by atoms with Crippen molar-refractivity contribution in [3.63, 3.8) is 0 Å². The number of aromatic nitrogens is 2. The van der Waals surface area contributed by atoms with E-state index in [-0.39, 0.29) is 18.1 Å². The van der Waals surface area contributed by atoms with E-state index in [1.165, 1.54) is 17.1 Å². The minimum atomic E-state index is -0.223. The number of aryl methyl sites for hydroxylation is 2. The van der Waals surface area contributed by atoms with Gasteiger partial charge in [-0.25, -0.2) is 4.98 Å². The molecule has 0 saturated carbocycles. The first-order chi connectivity index (χ1) is 11.0. The number of nitrogens with one attached hydrogen (secondary N) is 1. The largest absolute Gasteiger partial charge is 0.483 e. The van der Waals surface area contributed by atoms with Crippen LogP contribution >= 0.6 is 0 Å². The molecule has 2 rings (SSSR count). The Morgan fingerprint density at radius 2 is 2.04 bits per heavy atom. The highest BCUT2D eigenvalue weighted by molar-refractivity contribution is 5.77. The second-order valence-corrected chi connectivity index (χ2v) is 5.41. The van der Waals surface area contributed by atoms with E-state index in [9.17, 15) is 9.59 Å². The number of amides is 1. The number of benzene rings is 1. The fourth-order valence-electron chi connectivity index (χ4n) is 2.11. The van der Waals surface area contributed by atoms with Crippen LogP contribution in [0.2, 0.25) is 0 Å². The van der Waals surface area contributed by atoms with Crippen molar-refractivity contribution in [1.82, 2.24) is 14.9 Å². The topological polar surface area (TPSA) is 73.2 Å². The quantitative estimate of drug-likeness (QED) is 0.873. The van der Waals surface area contributed by atoms with Gasteiger partial charge >= 0.3 is 0 Å². The number of carbonyl (C=O) groups is 1. The molecule has 0 fully saturated rings. The Labute approximate surface area is 135 Å². The molecule has 1 heterocycles. The molecule has 1 aromatic carbocycles. The van der Waals surface area contributed by atoms with Crippen LogP contribution in [0.3, 0.4) is 0 Å². The average Bonchev–Trinajstić information content (AvgIpc) is 2.53. The molecule has 1 aromatic heterocycles. The standard InChI is InChI=1S/C17H21N3O3/c1-12-5-4-6-15(14(12)3)23-10-16(21)19-7-8-20-11-18-9-13(2)17(20)22/h4-6,9,11H,7-8,10H2,1-3H3,(H,19,21). The molecule has 0 atom stereocenters. The Kier molecular flexibility index (Phi) is 5.51. The van der Waals surface area contributed by atoms with Gasteiger partial charge in [0.15, 0.2) is 6.61 Å². The summed E-state index contributed by atoms with van der Waals surface area (Å²) in [5, 5.41) is 2.73. The summed E-state index contributed by atoms with van der Waals surface area (Å²) in [6.45, 7) is 6.34. The number of nitrogens with zero attached hydrogens (tertiary/aromatic N) is 2. The summed E-state index contributed by atoms with van der Waals surface area (Å²) < 4.78 is 7.01. The molecule has 0 unspecified atom stereocenters. The molecule has 2 aromatic rings. The highest BCUT2D eigenvalue weighted by Gasteiger charge is 2.06. The Morgan fingerprint density at radius 3 is 2.83 bits per heavy atom. The van der Waals surface area contributed by atoms with Gasteiger partial charge in [-0.15, -0.1) is 0 Å². The molecule has 0 radical (unpaired) electrons. The first-order valence-corrected chi connectivity index (χ1v) is 7.46. The molecule has 0 spiro atoms. The van der Waals surface area contributed by atoms with Crippen molar-refractivity contribution < 1.29 is 9.53 Å². The van der Waals surface area contributed by atoms with Crippen LogP contribution in [-0.4, -0.2) is 28.6 Å². The molecule has 0 aliphatic carbocycles.